The van der Waals surface area contributed by atoms with Crippen molar-refractivity contribution in [1.82, 2.24) is 14.8 Å². The van der Waals surface area contributed by atoms with Crippen molar-refractivity contribution < 1.29 is 0 Å². The fraction of sp³-hybridized carbons (Fsp3) is 0.385. The van der Waals surface area contributed by atoms with Crippen molar-refractivity contribution in [1.29, 1.82) is 0 Å². The van der Waals surface area contributed by atoms with Crippen molar-refractivity contribution in [3.8, 4) is 0 Å². The third-order valence-electron chi connectivity index (χ3n) is 2.88. The second-order valence-corrected chi connectivity index (χ2v) is 4.31. The van der Waals surface area contributed by atoms with Gasteiger partial charge < -0.3 is 11.1 Å². The fourth-order valence-electron chi connectivity index (χ4n) is 1.94. The second-order valence-electron chi connectivity index (χ2n) is 4.31. The first-order valence-corrected chi connectivity index (χ1v) is 6.09. The Hall–Kier alpha value is -2.04. The lowest BCUT2D eigenvalue weighted by Gasteiger charge is -2.07. The molecule has 2 aromatic heterocycles. The summed E-state index contributed by atoms with van der Waals surface area (Å²) in [4.78, 5) is 4.44. The molecule has 0 aliphatic rings. The van der Waals surface area contributed by atoms with E-state index in [-0.39, 0.29) is 0 Å². The first-order chi connectivity index (χ1) is 8.61. The summed E-state index contributed by atoms with van der Waals surface area (Å²) in [7, 11) is 1.89. The number of nitrogen functional groups attached to an aromatic ring is 1. The molecule has 0 radical (unpaired) electrons. The Balaban J connectivity index is 2.13. The molecule has 0 aliphatic heterocycles. The summed E-state index contributed by atoms with van der Waals surface area (Å²) in [6.07, 6.45) is 0.837. The van der Waals surface area contributed by atoms with Crippen molar-refractivity contribution in [2.75, 3.05) is 11.1 Å². The molecule has 0 saturated heterocycles. The predicted octanol–water partition coefficient (Wildman–Crippen LogP) is 1.88. The number of hydrogen-bond donors (Lipinski definition) is 2. The highest BCUT2D eigenvalue weighted by atomic mass is 15.3. The van der Waals surface area contributed by atoms with Gasteiger partial charge in [0, 0.05) is 12.7 Å². The van der Waals surface area contributed by atoms with Gasteiger partial charge in [0.25, 0.3) is 0 Å². The lowest BCUT2D eigenvalue weighted by atomic mass is 10.3. The van der Waals surface area contributed by atoms with Crippen molar-refractivity contribution in [2.45, 2.75) is 26.8 Å². The molecule has 0 spiro atoms. The van der Waals surface area contributed by atoms with Crippen LogP contribution >= 0.6 is 0 Å². The van der Waals surface area contributed by atoms with Crippen LogP contribution in [0.1, 0.15) is 24.0 Å². The van der Waals surface area contributed by atoms with Gasteiger partial charge in [-0.15, -0.1) is 0 Å². The molecule has 3 N–H and O–H groups in total. The largest absolute Gasteiger partial charge is 0.394 e. The number of nitrogens with one attached hydrogen (secondary N) is 1. The Morgan fingerprint density at radius 3 is 2.78 bits per heavy atom. The average Bonchev–Trinajstić information content (AvgIpc) is 2.62. The van der Waals surface area contributed by atoms with E-state index in [0.717, 1.165) is 35.0 Å². The number of anilines is 2. The number of rotatable bonds is 4. The van der Waals surface area contributed by atoms with E-state index in [4.69, 9.17) is 5.73 Å². The minimum atomic E-state index is 0.647. The molecule has 0 unspecified atom stereocenters. The molecule has 2 heterocycles. The van der Waals surface area contributed by atoms with Gasteiger partial charge in [0.05, 0.1) is 23.6 Å². The van der Waals surface area contributed by atoms with Gasteiger partial charge in [-0.25, -0.2) is 0 Å². The highest BCUT2D eigenvalue weighted by Crippen LogP contribution is 2.22. The molecule has 96 valence electrons. The lowest BCUT2D eigenvalue weighted by molar-refractivity contribution is 0.746. The molecule has 2 rings (SSSR count). The SMILES string of the molecule is CCc1nn(C)c(NCc2cccc(C)n2)c1N. The number of pyridine rings is 1. The maximum atomic E-state index is 6.04. The molecule has 0 fully saturated rings. The van der Waals surface area contributed by atoms with E-state index >= 15 is 0 Å². The molecular weight excluding hydrogens is 226 g/mol. The number of nitrogens with zero attached hydrogens (tertiary/aromatic N) is 3. The van der Waals surface area contributed by atoms with E-state index in [9.17, 15) is 0 Å². The summed E-state index contributed by atoms with van der Waals surface area (Å²) in [6, 6.07) is 5.98. The summed E-state index contributed by atoms with van der Waals surface area (Å²) in [5.74, 6) is 0.857. The molecule has 5 heteroatoms. The van der Waals surface area contributed by atoms with Gasteiger partial charge in [-0.2, -0.15) is 5.10 Å². The van der Waals surface area contributed by atoms with E-state index in [1.807, 2.05) is 39.1 Å². The Morgan fingerprint density at radius 1 is 1.39 bits per heavy atom. The van der Waals surface area contributed by atoms with Gasteiger partial charge in [-0.1, -0.05) is 13.0 Å². The van der Waals surface area contributed by atoms with Crippen LogP contribution < -0.4 is 11.1 Å². The Bertz CT molecular complexity index is 544. The molecular formula is C13H19N5. The van der Waals surface area contributed by atoms with Crippen molar-refractivity contribution in [2.24, 2.45) is 7.05 Å². The topological polar surface area (TPSA) is 68.8 Å². The van der Waals surface area contributed by atoms with Crippen LogP contribution in [0.4, 0.5) is 11.5 Å². The molecule has 0 amide bonds. The zero-order chi connectivity index (χ0) is 13.1. The molecule has 18 heavy (non-hydrogen) atoms. The third kappa shape index (κ3) is 2.45. The molecule has 5 nitrogen and oxygen atoms in total. The first kappa shape index (κ1) is 12.4. The molecule has 0 aromatic carbocycles. The summed E-state index contributed by atoms with van der Waals surface area (Å²) in [5.41, 5.74) is 9.71. The number of aromatic nitrogens is 3. The Morgan fingerprint density at radius 2 is 2.17 bits per heavy atom. The molecule has 2 aromatic rings. The number of aryl methyl sites for hydroxylation is 3. The van der Waals surface area contributed by atoms with E-state index < -0.39 is 0 Å². The van der Waals surface area contributed by atoms with Crippen LogP contribution in [-0.4, -0.2) is 14.8 Å². The van der Waals surface area contributed by atoms with Gasteiger partial charge in [0.2, 0.25) is 0 Å². The zero-order valence-corrected chi connectivity index (χ0v) is 11.1. The Labute approximate surface area is 107 Å². The van der Waals surface area contributed by atoms with Gasteiger partial charge in [-0.3, -0.25) is 9.67 Å². The number of nitrogens with two attached hydrogens (primary N) is 1. The molecule has 0 bridgehead atoms. The van der Waals surface area contributed by atoms with Crippen LogP contribution in [0.2, 0.25) is 0 Å². The normalized spacial score (nSPS) is 10.6. The number of hydrogen-bond acceptors (Lipinski definition) is 4. The molecule has 0 aliphatic carbocycles. The van der Waals surface area contributed by atoms with Crippen LogP contribution in [0.15, 0.2) is 18.2 Å². The van der Waals surface area contributed by atoms with Crippen molar-refractivity contribution in [3.63, 3.8) is 0 Å². The monoisotopic (exact) mass is 245 g/mol. The summed E-state index contributed by atoms with van der Waals surface area (Å²) in [6.45, 7) is 4.68. The summed E-state index contributed by atoms with van der Waals surface area (Å²) < 4.78 is 1.78. The minimum absolute atomic E-state index is 0.647. The van der Waals surface area contributed by atoms with E-state index in [1.165, 1.54) is 0 Å². The van der Waals surface area contributed by atoms with Gasteiger partial charge >= 0.3 is 0 Å². The van der Waals surface area contributed by atoms with Crippen LogP contribution in [-0.2, 0) is 20.0 Å². The van der Waals surface area contributed by atoms with Crippen LogP contribution in [0.5, 0.6) is 0 Å². The summed E-state index contributed by atoms with van der Waals surface area (Å²) >= 11 is 0. The van der Waals surface area contributed by atoms with Gasteiger partial charge in [0.1, 0.15) is 5.82 Å². The van der Waals surface area contributed by atoms with E-state index in [2.05, 4.69) is 15.4 Å². The molecule has 0 saturated carbocycles. The summed E-state index contributed by atoms with van der Waals surface area (Å²) in [5, 5.41) is 7.66. The molecule has 0 atom stereocenters. The van der Waals surface area contributed by atoms with Crippen LogP contribution in [0.3, 0.4) is 0 Å². The van der Waals surface area contributed by atoms with E-state index in [0.29, 0.717) is 6.54 Å². The third-order valence-corrected chi connectivity index (χ3v) is 2.88. The highest BCUT2D eigenvalue weighted by Gasteiger charge is 2.11. The zero-order valence-electron chi connectivity index (χ0n) is 11.1. The maximum absolute atomic E-state index is 6.04. The minimum Gasteiger partial charge on any atom is -0.394 e. The predicted molar refractivity (Wildman–Crippen MR) is 73.3 cm³/mol. The van der Waals surface area contributed by atoms with Gasteiger partial charge in [0.15, 0.2) is 0 Å². The van der Waals surface area contributed by atoms with E-state index in [1.54, 1.807) is 4.68 Å². The van der Waals surface area contributed by atoms with Crippen molar-refractivity contribution >= 4 is 11.5 Å². The maximum Gasteiger partial charge on any atom is 0.148 e. The average molecular weight is 245 g/mol. The fourth-order valence-corrected chi connectivity index (χ4v) is 1.94. The lowest BCUT2D eigenvalue weighted by Crippen LogP contribution is -2.07. The Kier molecular flexibility index (Phi) is 3.50. The van der Waals surface area contributed by atoms with Crippen LogP contribution in [0, 0.1) is 6.92 Å². The van der Waals surface area contributed by atoms with Gasteiger partial charge in [-0.05, 0) is 25.5 Å². The second kappa shape index (κ2) is 5.08. The standard InChI is InChI=1S/C13H19N5/c1-4-11-12(14)13(18(3)17-11)15-8-10-7-5-6-9(2)16-10/h5-7,15H,4,8,14H2,1-3H3. The van der Waals surface area contributed by atoms with Crippen LogP contribution in [0.25, 0.3) is 0 Å². The smallest absolute Gasteiger partial charge is 0.148 e. The van der Waals surface area contributed by atoms with Crippen molar-refractivity contribution in [3.05, 3.63) is 35.3 Å². The first-order valence-electron chi connectivity index (χ1n) is 6.09. The highest BCUT2D eigenvalue weighted by molar-refractivity contribution is 5.64. The quantitative estimate of drug-likeness (QED) is 0.863.